The van der Waals surface area contributed by atoms with Crippen LogP contribution in [0, 0.1) is 17.5 Å². The van der Waals surface area contributed by atoms with E-state index in [0.717, 1.165) is 6.07 Å². The lowest BCUT2D eigenvalue weighted by Gasteiger charge is -2.41. The Bertz CT molecular complexity index is 916. The monoisotopic (exact) mass is 421 g/mol. The third-order valence-electron chi connectivity index (χ3n) is 5.21. The van der Waals surface area contributed by atoms with Gasteiger partial charge in [0.15, 0.2) is 11.6 Å². The van der Waals surface area contributed by atoms with Crippen molar-refractivity contribution in [3.05, 3.63) is 46.8 Å². The van der Waals surface area contributed by atoms with Crippen LogP contribution in [-0.2, 0) is 24.0 Å². The minimum Gasteiger partial charge on any atom is -0.370 e. The topological polar surface area (TPSA) is 69.2 Å². The van der Waals surface area contributed by atoms with Gasteiger partial charge in [-0.25, -0.2) is 22.8 Å². The normalized spacial score (nSPS) is 25.8. The molecule has 158 valence electrons. The van der Waals surface area contributed by atoms with Crippen LogP contribution >= 0.6 is 0 Å². The highest BCUT2D eigenvalue weighted by Gasteiger charge is 2.40. The van der Waals surface area contributed by atoms with Crippen LogP contribution < -0.4 is 5.73 Å². The van der Waals surface area contributed by atoms with E-state index in [9.17, 15) is 26.3 Å². The zero-order valence-electron chi connectivity index (χ0n) is 15.0. The lowest BCUT2D eigenvalue weighted by Crippen LogP contribution is -2.51. The van der Waals surface area contributed by atoms with Gasteiger partial charge in [-0.1, -0.05) is 0 Å². The molecule has 1 aromatic heterocycles. The zero-order chi connectivity index (χ0) is 20.9. The predicted molar refractivity (Wildman–Crippen MR) is 86.8 cm³/mol. The number of fused-ring (bicyclic) bond motifs is 1. The average molecular weight is 421 g/mol. The SMILES string of the molecule is N[C@H]1CC(N2CCn3nc(C(F)(F)F)nc3C2)COC1c1cc(F)c(F)cc1F. The molecule has 0 aliphatic carbocycles. The number of halogens is 6. The molecule has 0 spiro atoms. The number of hydrogen-bond donors (Lipinski definition) is 1. The van der Waals surface area contributed by atoms with E-state index >= 15 is 0 Å². The molecule has 2 aliphatic heterocycles. The van der Waals surface area contributed by atoms with Crippen molar-refractivity contribution < 1.29 is 31.1 Å². The molecule has 2 aromatic rings. The second kappa shape index (κ2) is 7.26. The van der Waals surface area contributed by atoms with E-state index in [-0.39, 0.29) is 37.1 Å². The predicted octanol–water partition coefficient (Wildman–Crippen LogP) is 2.39. The summed E-state index contributed by atoms with van der Waals surface area (Å²) < 4.78 is 85.9. The fourth-order valence-corrected chi connectivity index (χ4v) is 3.76. The summed E-state index contributed by atoms with van der Waals surface area (Å²) in [6.45, 7) is 0.884. The van der Waals surface area contributed by atoms with E-state index in [1.807, 2.05) is 4.90 Å². The minimum atomic E-state index is -4.62. The first-order chi connectivity index (χ1) is 13.6. The van der Waals surface area contributed by atoms with Crippen LogP contribution in [0.1, 0.15) is 29.7 Å². The molecule has 2 N–H and O–H groups in total. The highest BCUT2D eigenvalue weighted by molar-refractivity contribution is 5.24. The smallest absolute Gasteiger partial charge is 0.370 e. The summed E-state index contributed by atoms with van der Waals surface area (Å²) in [5, 5.41) is 3.48. The number of nitrogens with zero attached hydrogens (tertiary/aromatic N) is 4. The van der Waals surface area contributed by atoms with Crippen LogP contribution in [0.4, 0.5) is 26.3 Å². The van der Waals surface area contributed by atoms with Gasteiger partial charge in [-0.15, -0.1) is 5.10 Å². The maximum atomic E-state index is 14.0. The van der Waals surface area contributed by atoms with Gasteiger partial charge in [0.2, 0.25) is 0 Å². The van der Waals surface area contributed by atoms with Crippen LogP contribution in [0.5, 0.6) is 0 Å². The molecule has 1 saturated heterocycles. The molecule has 1 aromatic carbocycles. The van der Waals surface area contributed by atoms with Gasteiger partial charge in [0.1, 0.15) is 17.7 Å². The Labute approximate surface area is 161 Å². The van der Waals surface area contributed by atoms with E-state index in [0.29, 0.717) is 19.0 Å². The number of aromatic nitrogens is 3. The number of hydrogen-bond acceptors (Lipinski definition) is 5. The Kier molecular flexibility index (Phi) is 5.03. The summed E-state index contributed by atoms with van der Waals surface area (Å²) in [5.41, 5.74) is 5.94. The van der Waals surface area contributed by atoms with Crippen molar-refractivity contribution in [2.75, 3.05) is 13.2 Å². The lowest BCUT2D eigenvalue weighted by atomic mass is 9.93. The molecule has 4 rings (SSSR count). The first-order valence-electron chi connectivity index (χ1n) is 8.90. The molecule has 0 radical (unpaired) electrons. The van der Waals surface area contributed by atoms with Gasteiger partial charge in [-0.3, -0.25) is 4.90 Å². The molecular weight excluding hydrogens is 404 g/mol. The summed E-state index contributed by atoms with van der Waals surface area (Å²) in [6.07, 6.45) is -5.23. The molecule has 1 fully saturated rings. The Morgan fingerprint density at radius 3 is 2.48 bits per heavy atom. The summed E-state index contributed by atoms with van der Waals surface area (Å²) in [7, 11) is 0. The van der Waals surface area contributed by atoms with Crippen LogP contribution in [0.15, 0.2) is 12.1 Å². The summed E-state index contributed by atoms with van der Waals surface area (Å²) in [6, 6.07) is 0.230. The number of ether oxygens (including phenoxy) is 1. The van der Waals surface area contributed by atoms with Gasteiger partial charge in [-0.2, -0.15) is 13.2 Å². The second-order valence-corrected chi connectivity index (χ2v) is 7.14. The molecule has 6 nitrogen and oxygen atoms in total. The van der Waals surface area contributed by atoms with Crippen LogP contribution in [-0.4, -0.2) is 44.9 Å². The van der Waals surface area contributed by atoms with Crippen molar-refractivity contribution in [2.24, 2.45) is 5.73 Å². The van der Waals surface area contributed by atoms with E-state index in [1.54, 1.807) is 0 Å². The average Bonchev–Trinajstić information content (AvgIpc) is 3.09. The summed E-state index contributed by atoms with van der Waals surface area (Å²) >= 11 is 0. The first kappa shape index (κ1) is 20.1. The number of alkyl halides is 3. The van der Waals surface area contributed by atoms with E-state index in [4.69, 9.17) is 10.5 Å². The third-order valence-corrected chi connectivity index (χ3v) is 5.21. The summed E-state index contributed by atoms with van der Waals surface area (Å²) in [4.78, 5) is 5.44. The highest BCUT2D eigenvalue weighted by atomic mass is 19.4. The Hall–Kier alpha value is -2.18. The Morgan fingerprint density at radius 1 is 1.07 bits per heavy atom. The van der Waals surface area contributed by atoms with Gasteiger partial charge in [0, 0.05) is 30.3 Å². The molecule has 2 unspecified atom stereocenters. The lowest BCUT2D eigenvalue weighted by molar-refractivity contribution is -0.145. The van der Waals surface area contributed by atoms with Gasteiger partial charge >= 0.3 is 6.18 Å². The maximum Gasteiger partial charge on any atom is 0.453 e. The van der Waals surface area contributed by atoms with Crippen molar-refractivity contribution in [3.63, 3.8) is 0 Å². The zero-order valence-corrected chi connectivity index (χ0v) is 15.0. The highest BCUT2D eigenvalue weighted by Crippen LogP contribution is 2.33. The van der Waals surface area contributed by atoms with Gasteiger partial charge in [0.25, 0.3) is 5.82 Å². The van der Waals surface area contributed by atoms with Gasteiger partial charge in [0.05, 0.1) is 19.7 Å². The number of benzene rings is 1. The molecule has 12 heteroatoms. The van der Waals surface area contributed by atoms with Gasteiger partial charge in [-0.05, 0) is 12.5 Å². The van der Waals surface area contributed by atoms with Crippen molar-refractivity contribution in [1.82, 2.24) is 19.7 Å². The van der Waals surface area contributed by atoms with E-state index < -0.39 is 41.6 Å². The minimum absolute atomic E-state index is 0.108. The quantitative estimate of drug-likeness (QED) is 0.596. The third kappa shape index (κ3) is 3.83. The molecular formula is C17H17F6N5O. The van der Waals surface area contributed by atoms with Crippen LogP contribution in [0.2, 0.25) is 0 Å². The number of rotatable bonds is 2. The second-order valence-electron chi connectivity index (χ2n) is 7.14. The molecule has 0 amide bonds. The fraction of sp³-hybridized carbons (Fsp3) is 0.529. The van der Waals surface area contributed by atoms with Crippen molar-refractivity contribution in [3.8, 4) is 0 Å². The van der Waals surface area contributed by atoms with Crippen LogP contribution in [0.25, 0.3) is 0 Å². The van der Waals surface area contributed by atoms with Crippen molar-refractivity contribution in [1.29, 1.82) is 0 Å². The van der Waals surface area contributed by atoms with Gasteiger partial charge < -0.3 is 10.5 Å². The first-order valence-corrected chi connectivity index (χ1v) is 8.90. The Balaban J connectivity index is 1.46. The standard InChI is InChI=1S/C17H17F6N5O/c18-10-5-12(20)11(19)4-9(10)15-13(24)3-8(7-29-15)27-1-2-28-14(6-27)25-16(26-28)17(21,22)23/h4-5,8,13,15H,1-3,6-7,24H2/t8?,13-,15?/m0/s1. The largest absolute Gasteiger partial charge is 0.453 e. The molecule has 2 aliphatic rings. The number of nitrogens with two attached hydrogens (primary N) is 1. The summed E-state index contributed by atoms with van der Waals surface area (Å²) in [5.74, 6) is -4.45. The Morgan fingerprint density at radius 2 is 1.79 bits per heavy atom. The molecule has 29 heavy (non-hydrogen) atoms. The molecule has 3 atom stereocenters. The molecule has 0 saturated carbocycles. The van der Waals surface area contributed by atoms with Crippen molar-refractivity contribution >= 4 is 0 Å². The van der Waals surface area contributed by atoms with Crippen molar-refractivity contribution in [2.45, 2.75) is 43.9 Å². The van der Waals surface area contributed by atoms with E-state index in [1.165, 1.54) is 4.68 Å². The van der Waals surface area contributed by atoms with Crippen LogP contribution in [0.3, 0.4) is 0 Å². The molecule has 3 heterocycles. The molecule has 0 bridgehead atoms. The maximum absolute atomic E-state index is 14.0. The van der Waals surface area contributed by atoms with E-state index in [2.05, 4.69) is 10.1 Å². The fourth-order valence-electron chi connectivity index (χ4n) is 3.76.